The zero-order valence-corrected chi connectivity index (χ0v) is 11.6. The van der Waals surface area contributed by atoms with E-state index in [1.165, 1.54) is 14.2 Å². The quantitative estimate of drug-likeness (QED) is 0.709. The molecule has 0 aromatic heterocycles. The van der Waals surface area contributed by atoms with Crippen LogP contribution < -0.4 is 5.73 Å². The average Bonchev–Trinajstić information content (AvgIpc) is 2.81. The topological polar surface area (TPSA) is 89.2 Å². The van der Waals surface area contributed by atoms with E-state index >= 15 is 0 Å². The zero-order chi connectivity index (χ0) is 14.2. The number of hydrogen-bond acceptors (Lipinski definition) is 7. The number of carbonyl (C=O) groups excluding carboxylic acids is 1. The van der Waals surface area contributed by atoms with Crippen LogP contribution in [0, 0.1) is 0 Å². The van der Waals surface area contributed by atoms with E-state index in [-0.39, 0.29) is 24.6 Å². The third-order valence-electron chi connectivity index (χ3n) is 3.33. The molecule has 0 bridgehead atoms. The zero-order valence-electron chi connectivity index (χ0n) is 11.6. The highest BCUT2D eigenvalue weighted by Gasteiger charge is 2.57. The summed E-state index contributed by atoms with van der Waals surface area (Å²) in [5.41, 5.74) is 6.00. The Morgan fingerprint density at radius 1 is 1.32 bits per heavy atom. The third kappa shape index (κ3) is 2.90. The molecule has 5 atom stereocenters. The van der Waals surface area contributed by atoms with E-state index in [4.69, 9.17) is 24.7 Å². The van der Waals surface area contributed by atoms with Crippen molar-refractivity contribution in [3.05, 3.63) is 0 Å². The largest absolute Gasteiger partial charge is 0.469 e. The summed E-state index contributed by atoms with van der Waals surface area (Å²) < 4.78 is 27.1. The van der Waals surface area contributed by atoms with E-state index in [9.17, 15) is 4.79 Å². The first-order valence-electron chi connectivity index (χ1n) is 6.24. The molecular formula is C12H21NO6. The minimum atomic E-state index is -0.709. The number of methoxy groups -OCH3 is 2. The molecule has 19 heavy (non-hydrogen) atoms. The van der Waals surface area contributed by atoms with Crippen LogP contribution in [0.15, 0.2) is 0 Å². The van der Waals surface area contributed by atoms with Crippen LogP contribution in [0.4, 0.5) is 0 Å². The average molecular weight is 275 g/mol. The van der Waals surface area contributed by atoms with Crippen molar-refractivity contribution in [3.8, 4) is 0 Å². The van der Waals surface area contributed by atoms with Crippen molar-refractivity contribution in [1.82, 2.24) is 0 Å². The molecule has 2 aliphatic rings. The maximum absolute atomic E-state index is 11.3. The van der Waals surface area contributed by atoms with E-state index in [0.29, 0.717) is 0 Å². The molecule has 7 heteroatoms. The van der Waals surface area contributed by atoms with Gasteiger partial charge in [-0.05, 0) is 13.8 Å². The Labute approximate surface area is 112 Å². The summed E-state index contributed by atoms with van der Waals surface area (Å²) in [6, 6.07) is -0.530. The molecule has 2 fully saturated rings. The fourth-order valence-corrected chi connectivity index (χ4v) is 2.52. The molecule has 0 amide bonds. The molecule has 110 valence electrons. The van der Waals surface area contributed by atoms with Crippen LogP contribution in [0.3, 0.4) is 0 Å². The van der Waals surface area contributed by atoms with Gasteiger partial charge in [-0.1, -0.05) is 0 Å². The van der Waals surface area contributed by atoms with Gasteiger partial charge in [0.1, 0.15) is 18.3 Å². The molecule has 0 saturated carbocycles. The molecule has 0 radical (unpaired) electrons. The highest BCUT2D eigenvalue weighted by atomic mass is 16.8. The summed E-state index contributed by atoms with van der Waals surface area (Å²) in [5, 5.41) is 0. The molecule has 2 saturated heterocycles. The summed E-state index contributed by atoms with van der Waals surface area (Å²) >= 11 is 0. The minimum absolute atomic E-state index is 0.0601. The van der Waals surface area contributed by atoms with Crippen LogP contribution in [0.5, 0.6) is 0 Å². The van der Waals surface area contributed by atoms with Crippen LogP contribution in [0.1, 0.15) is 20.3 Å². The molecular weight excluding hydrogens is 254 g/mol. The molecule has 0 aromatic carbocycles. The SMILES string of the molecule is COC(=O)C[C@H](N)[C@H]1O[C@H](OC)[C@H]2OC(C)(C)O[C@H]21. The van der Waals surface area contributed by atoms with Crippen molar-refractivity contribution in [2.45, 2.75) is 56.7 Å². The van der Waals surface area contributed by atoms with Gasteiger partial charge in [-0.3, -0.25) is 4.79 Å². The van der Waals surface area contributed by atoms with E-state index in [1.54, 1.807) is 0 Å². The van der Waals surface area contributed by atoms with Gasteiger partial charge in [0.25, 0.3) is 0 Å². The first-order valence-corrected chi connectivity index (χ1v) is 6.24. The smallest absolute Gasteiger partial charge is 0.307 e. The fourth-order valence-electron chi connectivity index (χ4n) is 2.52. The summed E-state index contributed by atoms with van der Waals surface area (Å²) in [7, 11) is 2.86. The van der Waals surface area contributed by atoms with Crippen molar-refractivity contribution < 1.29 is 28.5 Å². The molecule has 2 N–H and O–H groups in total. The van der Waals surface area contributed by atoms with E-state index in [0.717, 1.165) is 0 Å². The molecule has 7 nitrogen and oxygen atoms in total. The molecule has 0 aliphatic carbocycles. The predicted molar refractivity (Wildman–Crippen MR) is 64.1 cm³/mol. The van der Waals surface area contributed by atoms with Crippen LogP contribution in [-0.2, 0) is 28.5 Å². The second-order valence-electron chi connectivity index (χ2n) is 5.21. The third-order valence-corrected chi connectivity index (χ3v) is 3.33. The van der Waals surface area contributed by atoms with Crippen LogP contribution in [0.25, 0.3) is 0 Å². The van der Waals surface area contributed by atoms with Crippen LogP contribution >= 0.6 is 0 Å². The Morgan fingerprint density at radius 3 is 2.53 bits per heavy atom. The highest BCUT2D eigenvalue weighted by Crippen LogP contribution is 2.39. The summed E-state index contributed by atoms with van der Waals surface area (Å²) in [4.78, 5) is 11.3. The van der Waals surface area contributed by atoms with Crippen LogP contribution in [-0.4, -0.2) is 56.6 Å². The highest BCUT2D eigenvalue weighted by molar-refractivity contribution is 5.70. The molecule has 0 unspecified atom stereocenters. The maximum Gasteiger partial charge on any atom is 0.307 e. The van der Waals surface area contributed by atoms with Gasteiger partial charge in [-0.25, -0.2) is 0 Å². The number of nitrogens with two attached hydrogens (primary N) is 1. The van der Waals surface area contributed by atoms with Gasteiger partial charge in [0.2, 0.25) is 0 Å². The molecule has 2 rings (SSSR count). The van der Waals surface area contributed by atoms with Crippen molar-refractivity contribution in [1.29, 1.82) is 0 Å². The number of fused-ring (bicyclic) bond motifs is 1. The number of ether oxygens (including phenoxy) is 5. The first-order chi connectivity index (χ1) is 8.88. The standard InChI is InChI=1S/C12H21NO6/c1-12(2)18-9-8(6(13)5-7(14)15-3)17-11(16-4)10(9)19-12/h6,8-11H,5,13H2,1-4H3/t6-,8+,9-,10-,11-/m0/s1. The lowest BCUT2D eigenvalue weighted by molar-refractivity contribution is -0.229. The Hall–Kier alpha value is -0.730. The summed E-state index contributed by atoms with van der Waals surface area (Å²) in [6.07, 6.45) is -1.63. The van der Waals surface area contributed by atoms with Crippen molar-refractivity contribution in [2.24, 2.45) is 5.73 Å². The van der Waals surface area contributed by atoms with E-state index in [1.807, 2.05) is 13.8 Å². The Morgan fingerprint density at radius 2 is 1.95 bits per heavy atom. The van der Waals surface area contributed by atoms with Gasteiger partial charge < -0.3 is 29.4 Å². The van der Waals surface area contributed by atoms with Gasteiger partial charge in [0.05, 0.1) is 13.5 Å². The lowest BCUT2D eigenvalue weighted by atomic mass is 10.0. The van der Waals surface area contributed by atoms with Gasteiger partial charge in [-0.15, -0.1) is 0 Å². The summed E-state index contributed by atoms with van der Waals surface area (Å²) in [5.74, 6) is -1.09. The second-order valence-corrected chi connectivity index (χ2v) is 5.21. The van der Waals surface area contributed by atoms with E-state index < -0.39 is 24.2 Å². The van der Waals surface area contributed by atoms with Gasteiger partial charge in [0, 0.05) is 13.2 Å². The maximum atomic E-state index is 11.3. The molecule has 2 heterocycles. The minimum Gasteiger partial charge on any atom is -0.469 e. The fraction of sp³-hybridized carbons (Fsp3) is 0.917. The lowest BCUT2D eigenvalue weighted by Gasteiger charge is -2.26. The Balaban J connectivity index is 2.07. The molecule has 2 aliphatic heterocycles. The first kappa shape index (κ1) is 14.7. The number of esters is 1. The van der Waals surface area contributed by atoms with E-state index in [2.05, 4.69) is 4.74 Å². The Bertz CT molecular complexity index is 347. The van der Waals surface area contributed by atoms with Gasteiger partial charge in [-0.2, -0.15) is 0 Å². The number of hydrogen-bond donors (Lipinski definition) is 1. The molecule has 0 spiro atoms. The second kappa shape index (κ2) is 5.34. The lowest BCUT2D eigenvalue weighted by Crippen LogP contribution is -2.45. The van der Waals surface area contributed by atoms with Crippen LogP contribution in [0.2, 0.25) is 0 Å². The van der Waals surface area contributed by atoms with Gasteiger partial charge >= 0.3 is 5.97 Å². The normalized spacial score (nSPS) is 37.9. The molecule has 0 aromatic rings. The Kier molecular flexibility index (Phi) is 4.12. The van der Waals surface area contributed by atoms with Gasteiger partial charge in [0.15, 0.2) is 12.1 Å². The number of carbonyl (C=O) groups is 1. The number of rotatable bonds is 4. The van der Waals surface area contributed by atoms with Crippen molar-refractivity contribution in [3.63, 3.8) is 0 Å². The predicted octanol–water partition coefficient (Wildman–Crippen LogP) is -0.232. The summed E-state index contributed by atoms with van der Waals surface area (Å²) in [6.45, 7) is 3.64. The van der Waals surface area contributed by atoms with Crippen molar-refractivity contribution in [2.75, 3.05) is 14.2 Å². The van der Waals surface area contributed by atoms with Crippen molar-refractivity contribution >= 4 is 5.97 Å². The monoisotopic (exact) mass is 275 g/mol.